The van der Waals surface area contributed by atoms with E-state index in [1.807, 2.05) is 4.90 Å². The van der Waals surface area contributed by atoms with Crippen molar-refractivity contribution < 1.29 is 9.18 Å². The van der Waals surface area contributed by atoms with E-state index in [4.69, 9.17) is 0 Å². The molecule has 2 heterocycles. The molecule has 134 valence electrons. The highest BCUT2D eigenvalue weighted by atomic mass is 19.1. The Hall–Kier alpha value is -2.62. The molecule has 1 fully saturated rings. The van der Waals surface area contributed by atoms with Gasteiger partial charge in [-0.15, -0.1) is 0 Å². The van der Waals surface area contributed by atoms with Gasteiger partial charge in [-0.1, -0.05) is 11.6 Å². The number of nitrogens with one attached hydrogen (secondary N) is 1. The van der Waals surface area contributed by atoms with Crippen LogP contribution in [0.15, 0.2) is 42.5 Å². The molecule has 1 saturated heterocycles. The van der Waals surface area contributed by atoms with Gasteiger partial charge < -0.3 is 9.88 Å². The number of H-pyrrole nitrogens is 1. The predicted molar refractivity (Wildman–Crippen MR) is 102 cm³/mol. The van der Waals surface area contributed by atoms with Crippen LogP contribution in [0.1, 0.15) is 45.9 Å². The second-order valence-electron chi connectivity index (χ2n) is 7.29. The van der Waals surface area contributed by atoms with Crippen molar-refractivity contribution in [2.24, 2.45) is 0 Å². The Morgan fingerprint density at radius 2 is 1.77 bits per heavy atom. The molecule has 0 aliphatic carbocycles. The zero-order valence-corrected chi connectivity index (χ0v) is 15.2. The fourth-order valence-electron chi connectivity index (χ4n) is 4.02. The number of amides is 1. The topological polar surface area (TPSA) is 36.1 Å². The van der Waals surface area contributed by atoms with Crippen LogP contribution in [0.5, 0.6) is 0 Å². The molecule has 1 amide bonds. The van der Waals surface area contributed by atoms with E-state index in [1.54, 1.807) is 12.1 Å². The molecular formula is C22H23FN2O. The zero-order valence-electron chi connectivity index (χ0n) is 15.2. The average molecular weight is 350 g/mol. The van der Waals surface area contributed by atoms with Crippen LogP contribution < -0.4 is 0 Å². The van der Waals surface area contributed by atoms with Crippen LogP contribution in [0.2, 0.25) is 0 Å². The molecule has 0 saturated carbocycles. The van der Waals surface area contributed by atoms with Crippen molar-refractivity contribution in [1.29, 1.82) is 0 Å². The molecule has 26 heavy (non-hydrogen) atoms. The maximum Gasteiger partial charge on any atom is 0.253 e. The Bertz CT molecular complexity index is 950. The quantitative estimate of drug-likeness (QED) is 0.698. The Kier molecular flexibility index (Phi) is 4.27. The highest BCUT2D eigenvalue weighted by Gasteiger charge is 2.26. The summed E-state index contributed by atoms with van der Waals surface area (Å²) in [6, 6.07) is 12.3. The van der Waals surface area contributed by atoms with E-state index in [-0.39, 0.29) is 11.7 Å². The summed E-state index contributed by atoms with van der Waals surface area (Å²) in [5.74, 6) is 0.122. The first kappa shape index (κ1) is 16.8. The Balaban J connectivity index is 1.49. The maximum absolute atomic E-state index is 13.1. The number of halogens is 1. The van der Waals surface area contributed by atoms with Crippen molar-refractivity contribution in [2.75, 3.05) is 13.1 Å². The number of rotatable bonds is 2. The molecule has 3 aromatic rings. The van der Waals surface area contributed by atoms with Gasteiger partial charge >= 0.3 is 0 Å². The van der Waals surface area contributed by atoms with Crippen LogP contribution in [-0.4, -0.2) is 28.9 Å². The Labute approximate surface area is 152 Å². The van der Waals surface area contributed by atoms with Crippen molar-refractivity contribution >= 4 is 16.8 Å². The molecule has 3 nitrogen and oxygen atoms in total. The van der Waals surface area contributed by atoms with Crippen molar-refractivity contribution in [2.45, 2.75) is 32.6 Å². The fourth-order valence-corrected chi connectivity index (χ4v) is 4.02. The molecule has 0 atom stereocenters. The number of carbonyl (C=O) groups excluding carboxylic acids is 1. The highest BCUT2D eigenvalue weighted by Crippen LogP contribution is 2.34. The van der Waals surface area contributed by atoms with E-state index in [2.05, 4.69) is 37.0 Å². The summed E-state index contributed by atoms with van der Waals surface area (Å²) in [5.41, 5.74) is 5.65. The monoisotopic (exact) mass is 350 g/mol. The van der Waals surface area contributed by atoms with Crippen molar-refractivity contribution in [3.05, 3.63) is 70.7 Å². The van der Waals surface area contributed by atoms with E-state index < -0.39 is 0 Å². The number of nitrogens with zero attached hydrogens (tertiary/aromatic N) is 1. The van der Waals surface area contributed by atoms with Crippen LogP contribution in [0.3, 0.4) is 0 Å². The fraction of sp³-hybridized carbons (Fsp3) is 0.318. The Morgan fingerprint density at radius 3 is 2.46 bits per heavy atom. The molecule has 0 radical (unpaired) electrons. The largest absolute Gasteiger partial charge is 0.358 e. The van der Waals surface area contributed by atoms with Crippen molar-refractivity contribution in [3.63, 3.8) is 0 Å². The second-order valence-corrected chi connectivity index (χ2v) is 7.29. The molecule has 1 aliphatic heterocycles. The third-order valence-electron chi connectivity index (χ3n) is 5.53. The van der Waals surface area contributed by atoms with E-state index >= 15 is 0 Å². The number of hydrogen-bond acceptors (Lipinski definition) is 1. The van der Waals surface area contributed by atoms with E-state index in [0.29, 0.717) is 11.5 Å². The molecule has 1 N–H and O–H groups in total. The smallest absolute Gasteiger partial charge is 0.253 e. The standard InChI is InChI=1S/C22H23FN2O/c1-14-3-8-20-19(13-14)15(2)21(24-20)16-9-11-25(12-10-16)22(26)17-4-6-18(23)7-5-17/h3-8,13,16,24H,9-12H2,1-2H3. The normalized spacial score (nSPS) is 15.6. The molecule has 1 aromatic heterocycles. The lowest BCUT2D eigenvalue weighted by atomic mass is 9.91. The Morgan fingerprint density at radius 1 is 1.08 bits per heavy atom. The van der Waals surface area contributed by atoms with E-state index in [0.717, 1.165) is 25.9 Å². The summed E-state index contributed by atoms with van der Waals surface area (Å²) in [7, 11) is 0. The average Bonchev–Trinajstić information content (AvgIpc) is 2.98. The van der Waals surface area contributed by atoms with Gasteiger partial charge in [0.2, 0.25) is 0 Å². The van der Waals surface area contributed by atoms with Gasteiger partial charge in [-0.05, 0) is 68.7 Å². The van der Waals surface area contributed by atoms with Crippen LogP contribution in [0, 0.1) is 19.7 Å². The number of hydrogen-bond donors (Lipinski definition) is 1. The van der Waals surface area contributed by atoms with Crippen molar-refractivity contribution in [3.8, 4) is 0 Å². The molecule has 0 bridgehead atoms. The lowest BCUT2D eigenvalue weighted by Gasteiger charge is -2.32. The minimum atomic E-state index is -0.315. The lowest BCUT2D eigenvalue weighted by Crippen LogP contribution is -2.38. The van der Waals surface area contributed by atoms with Gasteiger partial charge in [-0.25, -0.2) is 4.39 Å². The van der Waals surface area contributed by atoms with Gasteiger partial charge in [-0.2, -0.15) is 0 Å². The number of aromatic amines is 1. The van der Waals surface area contributed by atoms with Crippen LogP contribution in [0.25, 0.3) is 10.9 Å². The van der Waals surface area contributed by atoms with Gasteiger partial charge in [-0.3, -0.25) is 4.79 Å². The molecular weight excluding hydrogens is 327 g/mol. The summed E-state index contributed by atoms with van der Waals surface area (Å²) in [6.45, 7) is 5.76. The number of aryl methyl sites for hydroxylation is 2. The van der Waals surface area contributed by atoms with Gasteiger partial charge in [0.1, 0.15) is 5.82 Å². The molecule has 2 aromatic carbocycles. The summed E-state index contributed by atoms with van der Waals surface area (Å²) in [5, 5.41) is 1.30. The summed E-state index contributed by atoms with van der Waals surface area (Å²) < 4.78 is 13.1. The van der Waals surface area contributed by atoms with Gasteiger partial charge in [0, 0.05) is 41.2 Å². The van der Waals surface area contributed by atoms with E-state index in [9.17, 15) is 9.18 Å². The van der Waals surface area contributed by atoms with Gasteiger partial charge in [0.05, 0.1) is 0 Å². The van der Waals surface area contributed by atoms with Crippen LogP contribution >= 0.6 is 0 Å². The number of piperidine rings is 1. The molecule has 0 unspecified atom stereocenters. The van der Waals surface area contributed by atoms with Gasteiger partial charge in [0.25, 0.3) is 5.91 Å². The third-order valence-corrected chi connectivity index (χ3v) is 5.53. The summed E-state index contributed by atoms with van der Waals surface area (Å²) in [6.07, 6.45) is 1.89. The zero-order chi connectivity index (χ0) is 18.3. The number of aromatic nitrogens is 1. The molecule has 4 rings (SSSR count). The summed E-state index contributed by atoms with van der Waals surface area (Å²) >= 11 is 0. The van der Waals surface area contributed by atoms with Crippen LogP contribution in [-0.2, 0) is 0 Å². The highest BCUT2D eigenvalue weighted by molar-refractivity contribution is 5.94. The number of benzene rings is 2. The minimum absolute atomic E-state index is 0.00700. The van der Waals surface area contributed by atoms with E-state index in [1.165, 1.54) is 39.9 Å². The maximum atomic E-state index is 13.1. The molecule has 1 aliphatic rings. The SMILES string of the molecule is Cc1ccc2[nH]c(C3CCN(C(=O)c4ccc(F)cc4)CC3)c(C)c2c1. The second kappa shape index (κ2) is 6.60. The first-order valence-corrected chi connectivity index (χ1v) is 9.16. The molecule has 4 heteroatoms. The first-order valence-electron chi connectivity index (χ1n) is 9.16. The number of likely N-dealkylation sites (tertiary alicyclic amines) is 1. The number of carbonyl (C=O) groups is 1. The third kappa shape index (κ3) is 3.00. The lowest BCUT2D eigenvalue weighted by molar-refractivity contribution is 0.0712. The number of fused-ring (bicyclic) bond motifs is 1. The van der Waals surface area contributed by atoms with Crippen molar-refractivity contribution in [1.82, 2.24) is 9.88 Å². The minimum Gasteiger partial charge on any atom is -0.358 e. The first-order chi connectivity index (χ1) is 12.5. The van der Waals surface area contributed by atoms with Gasteiger partial charge in [0.15, 0.2) is 0 Å². The van der Waals surface area contributed by atoms with Crippen LogP contribution in [0.4, 0.5) is 4.39 Å². The molecule has 0 spiro atoms. The predicted octanol–water partition coefficient (Wildman–Crippen LogP) is 4.94. The summed E-state index contributed by atoms with van der Waals surface area (Å²) in [4.78, 5) is 18.1.